The molecular formula is C14H16N4OS. The van der Waals surface area contributed by atoms with Crippen molar-refractivity contribution in [2.45, 2.75) is 25.0 Å². The molecule has 2 rings (SSSR count). The van der Waals surface area contributed by atoms with Crippen LogP contribution < -0.4 is 4.74 Å². The van der Waals surface area contributed by atoms with Gasteiger partial charge in [-0.1, -0.05) is 11.8 Å². The van der Waals surface area contributed by atoms with Crippen molar-refractivity contribution in [2.24, 2.45) is 0 Å². The Morgan fingerprint density at radius 1 is 1.30 bits per heavy atom. The summed E-state index contributed by atoms with van der Waals surface area (Å²) in [5.41, 5.74) is 1.01. The molecule has 20 heavy (non-hydrogen) atoms. The van der Waals surface area contributed by atoms with E-state index in [4.69, 9.17) is 10.00 Å². The molecule has 0 unspecified atom stereocenters. The summed E-state index contributed by atoms with van der Waals surface area (Å²) in [4.78, 5) is 0. The van der Waals surface area contributed by atoms with Crippen LogP contribution in [0.1, 0.15) is 13.3 Å². The largest absolute Gasteiger partial charge is 0.497 e. The fourth-order valence-electron chi connectivity index (χ4n) is 1.82. The first-order valence-electron chi connectivity index (χ1n) is 6.37. The molecule has 0 aliphatic rings. The Hall–Kier alpha value is -2.00. The number of hydrogen-bond acceptors (Lipinski definition) is 5. The number of ether oxygens (including phenoxy) is 1. The van der Waals surface area contributed by atoms with E-state index in [1.165, 1.54) is 0 Å². The molecule has 0 radical (unpaired) electrons. The van der Waals surface area contributed by atoms with Crippen molar-refractivity contribution >= 4 is 11.8 Å². The van der Waals surface area contributed by atoms with Gasteiger partial charge in [-0.2, -0.15) is 5.26 Å². The predicted molar refractivity (Wildman–Crippen MR) is 78.6 cm³/mol. The van der Waals surface area contributed by atoms with Crippen LogP contribution >= 0.6 is 11.8 Å². The summed E-state index contributed by atoms with van der Waals surface area (Å²) in [5.74, 6) is 2.39. The highest BCUT2D eigenvalue weighted by molar-refractivity contribution is 7.99. The molecule has 5 nitrogen and oxygen atoms in total. The van der Waals surface area contributed by atoms with E-state index in [1.54, 1.807) is 18.9 Å². The minimum absolute atomic E-state index is 0.513. The van der Waals surface area contributed by atoms with Crippen LogP contribution in [0.2, 0.25) is 0 Å². The summed E-state index contributed by atoms with van der Waals surface area (Å²) in [6.45, 7) is 2.86. The van der Waals surface area contributed by atoms with Gasteiger partial charge in [-0.05, 0) is 31.2 Å². The van der Waals surface area contributed by atoms with Crippen LogP contribution in [0.25, 0.3) is 11.4 Å². The summed E-state index contributed by atoms with van der Waals surface area (Å²) in [5, 5.41) is 17.9. The molecule has 2 aromatic rings. The monoisotopic (exact) mass is 288 g/mol. The lowest BCUT2D eigenvalue weighted by molar-refractivity contribution is 0.415. The molecule has 1 aromatic heterocycles. The Balaban J connectivity index is 2.25. The number of nitrogens with zero attached hydrogens (tertiary/aromatic N) is 4. The fourth-order valence-corrected chi connectivity index (χ4v) is 2.67. The molecule has 0 aliphatic heterocycles. The molecule has 0 aliphatic carbocycles. The number of aromatic nitrogens is 3. The van der Waals surface area contributed by atoms with E-state index in [0.29, 0.717) is 6.42 Å². The maximum absolute atomic E-state index is 8.59. The first-order chi connectivity index (χ1) is 9.80. The van der Waals surface area contributed by atoms with Crippen molar-refractivity contribution in [1.82, 2.24) is 14.8 Å². The topological polar surface area (TPSA) is 63.7 Å². The van der Waals surface area contributed by atoms with Crippen molar-refractivity contribution in [3.05, 3.63) is 24.3 Å². The second-order valence-corrected chi connectivity index (χ2v) is 5.10. The maximum Gasteiger partial charge on any atom is 0.191 e. The van der Waals surface area contributed by atoms with Gasteiger partial charge in [0.1, 0.15) is 5.75 Å². The third-order valence-corrected chi connectivity index (χ3v) is 3.79. The van der Waals surface area contributed by atoms with E-state index >= 15 is 0 Å². The Labute approximate surface area is 122 Å². The molecule has 0 saturated carbocycles. The van der Waals surface area contributed by atoms with Gasteiger partial charge in [0.15, 0.2) is 11.0 Å². The Kier molecular flexibility index (Phi) is 5.02. The molecule has 0 amide bonds. The average Bonchev–Trinajstić information content (AvgIpc) is 2.90. The van der Waals surface area contributed by atoms with E-state index in [0.717, 1.165) is 34.6 Å². The highest BCUT2D eigenvalue weighted by atomic mass is 32.2. The molecule has 0 saturated heterocycles. The fraction of sp³-hybridized carbons (Fsp3) is 0.357. The third-order valence-electron chi connectivity index (χ3n) is 2.83. The van der Waals surface area contributed by atoms with Gasteiger partial charge in [0, 0.05) is 24.3 Å². The lowest BCUT2D eigenvalue weighted by Gasteiger charge is -2.07. The standard InChI is InChI=1S/C14H16N4OS/c1-3-18-13(11-5-7-12(19-2)8-6-11)16-17-14(18)20-10-4-9-15/h5-8H,3-4,10H2,1-2H3. The van der Waals surface area contributed by atoms with E-state index in [-0.39, 0.29) is 0 Å². The Bertz CT molecular complexity index is 601. The SMILES string of the molecule is CCn1c(SCCC#N)nnc1-c1ccc(OC)cc1. The molecule has 1 heterocycles. The molecule has 6 heteroatoms. The molecule has 0 bridgehead atoms. The highest BCUT2D eigenvalue weighted by Gasteiger charge is 2.12. The number of hydrogen-bond donors (Lipinski definition) is 0. The van der Waals surface area contributed by atoms with Crippen LogP contribution in [0.3, 0.4) is 0 Å². The quantitative estimate of drug-likeness (QED) is 0.604. The number of nitriles is 1. The van der Waals surface area contributed by atoms with E-state index < -0.39 is 0 Å². The molecule has 104 valence electrons. The molecule has 0 atom stereocenters. The van der Waals surface area contributed by atoms with Crippen LogP contribution in [0, 0.1) is 11.3 Å². The second-order valence-electron chi connectivity index (χ2n) is 4.04. The minimum atomic E-state index is 0.513. The van der Waals surface area contributed by atoms with Crippen molar-refractivity contribution in [3.63, 3.8) is 0 Å². The summed E-state index contributed by atoms with van der Waals surface area (Å²) in [6.07, 6.45) is 0.513. The highest BCUT2D eigenvalue weighted by Crippen LogP contribution is 2.25. The van der Waals surface area contributed by atoms with Crippen LogP contribution in [-0.2, 0) is 6.54 Å². The van der Waals surface area contributed by atoms with Gasteiger partial charge in [-0.15, -0.1) is 10.2 Å². The first kappa shape index (κ1) is 14.4. The van der Waals surface area contributed by atoms with E-state index in [2.05, 4.69) is 27.8 Å². The zero-order valence-electron chi connectivity index (χ0n) is 11.5. The number of rotatable bonds is 6. The van der Waals surface area contributed by atoms with Crippen molar-refractivity contribution in [3.8, 4) is 23.2 Å². The Morgan fingerprint density at radius 3 is 2.65 bits per heavy atom. The summed E-state index contributed by atoms with van der Waals surface area (Å²) >= 11 is 1.56. The normalized spacial score (nSPS) is 10.2. The van der Waals surface area contributed by atoms with Gasteiger partial charge < -0.3 is 9.30 Å². The number of thioether (sulfide) groups is 1. The van der Waals surface area contributed by atoms with Crippen molar-refractivity contribution in [2.75, 3.05) is 12.9 Å². The number of benzene rings is 1. The molecule has 1 aromatic carbocycles. The first-order valence-corrected chi connectivity index (χ1v) is 7.36. The van der Waals surface area contributed by atoms with Gasteiger partial charge in [-0.3, -0.25) is 0 Å². The molecule has 0 N–H and O–H groups in total. The summed E-state index contributed by atoms with van der Waals surface area (Å²) in [7, 11) is 1.65. The van der Waals surface area contributed by atoms with E-state index in [9.17, 15) is 0 Å². The molecule has 0 spiro atoms. The van der Waals surface area contributed by atoms with Gasteiger partial charge in [0.05, 0.1) is 13.2 Å². The van der Waals surface area contributed by atoms with Gasteiger partial charge in [-0.25, -0.2) is 0 Å². The van der Waals surface area contributed by atoms with Gasteiger partial charge in [0.2, 0.25) is 0 Å². The van der Waals surface area contributed by atoms with E-state index in [1.807, 2.05) is 24.3 Å². The zero-order valence-corrected chi connectivity index (χ0v) is 12.4. The van der Waals surface area contributed by atoms with Gasteiger partial charge >= 0.3 is 0 Å². The third kappa shape index (κ3) is 3.11. The summed E-state index contributed by atoms with van der Waals surface area (Å²) < 4.78 is 7.21. The smallest absolute Gasteiger partial charge is 0.191 e. The Morgan fingerprint density at radius 2 is 2.05 bits per heavy atom. The lowest BCUT2D eigenvalue weighted by Crippen LogP contribution is -2.00. The molecule has 0 fully saturated rings. The van der Waals surface area contributed by atoms with Crippen LogP contribution in [0.5, 0.6) is 5.75 Å². The zero-order chi connectivity index (χ0) is 14.4. The van der Waals surface area contributed by atoms with Crippen molar-refractivity contribution < 1.29 is 4.74 Å². The minimum Gasteiger partial charge on any atom is -0.497 e. The summed E-state index contributed by atoms with van der Waals surface area (Å²) in [6, 6.07) is 9.89. The maximum atomic E-state index is 8.59. The second kappa shape index (κ2) is 6.96. The van der Waals surface area contributed by atoms with Crippen LogP contribution in [-0.4, -0.2) is 27.6 Å². The van der Waals surface area contributed by atoms with Crippen LogP contribution in [0.15, 0.2) is 29.4 Å². The van der Waals surface area contributed by atoms with Crippen molar-refractivity contribution in [1.29, 1.82) is 5.26 Å². The predicted octanol–water partition coefficient (Wildman–Crippen LogP) is 2.98. The van der Waals surface area contributed by atoms with Gasteiger partial charge in [0.25, 0.3) is 0 Å². The molecular weight excluding hydrogens is 272 g/mol. The number of methoxy groups -OCH3 is 1. The van der Waals surface area contributed by atoms with Crippen LogP contribution in [0.4, 0.5) is 0 Å². The lowest BCUT2D eigenvalue weighted by atomic mass is 10.2. The average molecular weight is 288 g/mol.